The molecule has 0 saturated carbocycles. The molecule has 0 aliphatic rings. The zero-order chi connectivity index (χ0) is 15.1. The minimum Gasteiger partial charge on any atom is -0.472 e. The maximum Gasteiger partial charge on any atom is 0.0947 e. The van der Waals surface area contributed by atoms with Crippen molar-refractivity contribution in [3.63, 3.8) is 0 Å². The first kappa shape index (κ1) is 16.3. The molecule has 0 aliphatic heterocycles. The van der Waals surface area contributed by atoms with Crippen LogP contribution >= 0.6 is 15.9 Å². The van der Waals surface area contributed by atoms with Crippen molar-refractivity contribution in [1.29, 1.82) is 0 Å². The molecule has 1 unspecified atom stereocenters. The summed E-state index contributed by atoms with van der Waals surface area (Å²) in [5, 5.41) is 3.58. The minimum absolute atomic E-state index is 0.373. The Morgan fingerprint density at radius 3 is 2.76 bits per heavy atom. The Morgan fingerprint density at radius 2 is 2.10 bits per heavy atom. The van der Waals surface area contributed by atoms with Crippen molar-refractivity contribution in [2.75, 3.05) is 20.1 Å². The minimum atomic E-state index is 0.373. The van der Waals surface area contributed by atoms with Gasteiger partial charge in [-0.15, -0.1) is 0 Å². The van der Waals surface area contributed by atoms with E-state index >= 15 is 0 Å². The lowest BCUT2D eigenvalue weighted by molar-refractivity contribution is 0.300. The normalized spacial score (nSPS) is 12.8. The van der Waals surface area contributed by atoms with Crippen LogP contribution in [0.15, 0.2) is 51.7 Å². The molecule has 0 bridgehead atoms. The molecule has 2 rings (SSSR count). The summed E-state index contributed by atoms with van der Waals surface area (Å²) in [6.07, 6.45) is 4.61. The molecule has 0 spiro atoms. The monoisotopic (exact) mass is 350 g/mol. The van der Waals surface area contributed by atoms with Gasteiger partial charge in [0.1, 0.15) is 0 Å². The Balaban J connectivity index is 1.92. The Hall–Kier alpha value is -1.10. The number of benzene rings is 1. The molecule has 1 atom stereocenters. The largest absolute Gasteiger partial charge is 0.472 e. The highest BCUT2D eigenvalue weighted by atomic mass is 79.9. The molecule has 1 aromatic heterocycles. The summed E-state index contributed by atoms with van der Waals surface area (Å²) in [6.45, 7) is 5.08. The zero-order valence-electron chi connectivity index (χ0n) is 12.7. The summed E-state index contributed by atoms with van der Waals surface area (Å²) in [7, 11) is 2.15. The van der Waals surface area contributed by atoms with Gasteiger partial charge < -0.3 is 14.6 Å². The van der Waals surface area contributed by atoms with Gasteiger partial charge in [0.15, 0.2) is 0 Å². The molecule has 0 aliphatic carbocycles. The predicted octanol–water partition coefficient (Wildman–Crippen LogP) is 4.21. The topological polar surface area (TPSA) is 28.4 Å². The first-order valence-corrected chi connectivity index (χ1v) is 8.17. The smallest absolute Gasteiger partial charge is 0.0947 e. The standard InChI is InChI=1S/C17H23BrN2O/c1-3-19-17(15-6-4-5-7-16(15)18)8-10-20(2)12-14-9-11-21-13-14/h4-7,9,11,13,17,19H,3,8,10,12H2,1-2H3. The van der Waals surface area contributed by atoms with Crippen LogP contribution in [0, 0.1) is 0 Å². The van der Waals surface area contributed by atoms with E-state index in [0.29, 0.717) is 6.04 Å². The molecule has 0 fully saturated rings. The van der Waals surface area contributed by atoms with Crippen LogP contribution in [0.25, 0.3) is 0 Å². The Labute approximate surface area is 135 Å². The van der Waals surface area contributed by atoms with Crippen molar-refractivity contribution in [3.05, 3.63) is 58.5 Å². The molecule has 1 heterocycles. The van der Waals surface area contributed by atoms with Crippen molar-refractivity contribution < 1.29 is 4.42 Å². The number of furan rings is 1. The summed E-state index contributed by atoms with van der Waals surface area (Å²) in [6, 6.07) is 10.8. The van der Waals surface area contributed by atoms with E-state index in [1.807, 2.05) is 12.3 Å². The summed E-state index contributed by atoms with van der Waals surface area (Å²) in [4.78, 5) is 2.33. The first-order chi connectivity index (χ1) is 10.2. The molecular formula is C17H23BrN2O. The van der Waals surface area contributed by atoms with Crippen LogP contribution in [0.1, 0.15) is 30.5 Å². The molecule has 4 heteroatoms. The predicted molar refractivity (Wildman–Crippen MR) is 90.2 cm³/mol. The van der Waals surface area contributed by atoms with Crippen molar-refractivity contribution in [2.24, 2.45) is 0 Å². The fourth-order valence-corrected chi connectivity index (χ4v) is 3.06. The van der Waals surface area contributed by atoms with Crippen LogP contribution in [0.3, 0.4) is 0 Å². The van der Waals surface area contributed by atoms with E-state index in [0.717, 1.165) is 26.1 Å². The lowest BCUT2D eigenvalue weighted by atomic mass is 10.0. The van der Waals surface area contributed by atoms with Crippen molar-refractivity contribution in [1.82, 2.24) is 10.2 Å². The van der Waals surface area contributed by atoms with Gasteiger partial charge in [-0.05, 0) is 44.3 Å². The van der Waals surface area contributed by atoms with Gasteiger partial charge in [0, 0.05) is 22.6 Å². The molecule has 1 N–H and O–H groups in total. The molecule has 0 amide bonds. The zero-order valence-corrected chi connectivity index (χ0v) is 14.3. The second-order valence-corrected chi connectivity index (χ2v) is 6.14. The van der Waals surface area contributed by atoms with Crippen molar-refractivity contribution in [3.8, 4) is 0 Å². The summed E-state index contributed by atoms with van der Waals surface area (Å²) in [5.74, 6) is 0. The van der Waals surface area contributed by atoms with E-state index in [1.165, 1.54) is 15.6 Å². The van der Waals surface area contributed by atoms with Gasteiger partial charge in [-0.25, -0.2) is 0 Å². The van der Waals surface area contributed by atoms with Crippen LogP contribution in [-0.4, -0.2) is 25.0 Å². The fourth-order valence-electron chi connectivity index (χ4n) is 2.49. The maximum absolute atomic E-state index is 5.12. The van der Waals surface area contributed by atoms with Gasteiger partial charge in [0.2, 0.25) is 0 Å². The first-order valence-electron chi connectivity index (χ1n) is 7.38. The molecule has 0 saturated heterocycles. The van der Waals surface area contributed by atoms with E-state index in [4.69, 9.17) is 4.42 Å². The Kier molecular flexibility index (Phi) is 6.49. The number of hydrogen-bond acceptors (Lipinski definition) is 3. The van der Waals surface area contributed by atoms with E-state index < -0.39 is 0 Å². The molecule has 114 valence electrons. The highest BCUT2D eigenvalue weighted by Crippen LogP contribution is 2.25. The lowest BCUT2D eigenvalue weighted by Crippen LogP contribution is -2.27. The van der Waals surface area contributed by atoms with E-state index in [9.17, 15) is 0 Å². The summed E-state index contributed by atoms with van der Waals surface area (Å²) < 4.78 is 6.29. The van der Waals surface area contributed by atoms with Crippen LogP contribution in [0.5, 0.6) is 0 Å². The SMILES string of the molecule is CCNC(CCN(C)Cc1ccoc1)c1ccccc1Br. The van der Waals surface area contributed by atoms with Crippen molar-refractivity contribution in [2.45, 2.75) is 25.9 Å². The molecule has 1 aromatic carbocycles. The maximum atomic E-state index is 5.12. The van der Waals surface area contributed by atoms with E-state index in [2.05, 4.69) is 64.4 Å². The molecule has 21 heavy (non-hydrogen) atoms. The van der Waals surface area contributed by atoms with Crippen LogP contribution in [-0.2, 0) is 6.54 Å². The third-order valence-corrected chi connectivity index (χ3v) is 4.29. The summed E-state index contributed by atoms with van der Waals surface area (Å²) >= 11 is 3.66. The average Bonchev–Trinajstić information content (AvgIpc) is 2.97. The highest BCUT2D eigenvalue weighted by molar-refractivity contribution is 9.10. The molecule has 0 radical (unpaired) electrons. The number of rotatable bonds is 8. The number of halogens is 1. The van der Waals surface area contributed by atoms with E-state index in [-0.39, 0.29) is 0 Å². The number of nitrogens with zero attached hydrogens (tertiary/aromatic N) is 1. The average molecular weight is 351 g/mol. The van der Waals surface area contributed by atoms with E-state index in [1.54, 1.807) is 6.26 Å². The van der Waals surface area contributed by atoms with Gasteiger partial charge in [-0.3, -0.25) is 0 Å². The molecule has 3 nitrogen and oxygen atoms in total. The number of hydrogen-bond donors (Lipinski definition) is 1. The Bertz CT molecular complexity index is 527. The quantitative estimate of drug-likeness (QED) is 0.772. The second kappa shape index (κ2) is 8.37. The lowest BCUT2D eigenvalue weighted by Gasteiger charge is -2.23. The third-order valence-electron chi connectivity index (χ3n) is 3.56. The van der Waals surface area contributed by atoms with Gasteiger partial charge in [-0.1, -0.05) is 41.1 Å². The highest BCUT2D eigenvalue weighted by Gasteiger charge is 2.14. The van der Waals surface area contributed by atoms with Gasteiger partial charge in [0.25, 0.3) is 0 Å². The van der Waals surface area contributed by atoms with Gasteiger partial charge in [-0.2, -0.15) is 0 Å². The van der Waals surface area contributed by atoms with Crippen molar-refractivity contribution >= 4 is 15.9 Å². The van der Waals surface area contributed by atoms with Crippen LogP contribution < -0.4 is 5.32 Å². The summed E-state index contributed by atoms with van der Waals surface area (Å²) in [5.41, 5.74) is 2.55. The molecular weight excluding hydrogens is 328 g/mol. The Morgan fingerprint density at radius 1 is 1.29 bits per heavy atom. The molecule has 2 aromatic rings. The van der Waals surface area contributed by atoms with Gasteiger partial charge >= 0.3 is 0 Å². The number of nitrogens with one attached hydrogen (secondary N) is 1. The van der Waals surface area contributed by atoms with Gasteiger partial charge in [0.05, 0.1) is 12.5 Å². The van der Waals surface area contributed by atoms with Crippen LogP contribution in [0.2, 0.25) is 0 Å². The second-order valence-electron chi connectivity index (χ2n) is 5.29. The third kappa shape index (κ3) is 4.99. The van der Waals surface area contributed by atoms with Crippen LogP contribution in [0.4, 0.5) is 0 Å². The fraction of sp³-hybridized carbons (Fsp3) is 0.412.